The predicted octanol–water partition coefficient (Wildman–Crippen LogP) is 6.26. The second kappa shape index (κ2) is 11.4. The van der Waals surface area contributed by atoms with Gasteiger partial charge in [-0.2, -0.15) is 0 Å². The molecule has 1 atom stereocenters. The van der Waals surface area contributed by atoms with E-state index in [0.29, 0.717) is 17.8 Å². The first-order valence-electron chi connectivity index (χ1n) is 10.3. The third kappa shape index (κ3) is 8.10. The summed E-state index contributed by atoms with van der Waals surface area (Å²) in [4.78, 5) is 23.7. The molecule has 1 aliphatic rings. The lowest BCUT2D eigenvalue weighted by molar-refractivity contribution is -0.133. The molecule has 0 spiro atoms. The Morgan fingerprint density at radius 1 is 1.17 bits per heavy atom. The summed E-state index contributed by atoms with van der Waals surface area (Å²) >= 11 is 0. The van der Waals surface area contributed by atoms with Gasteiger partial charge in [0.2, 0.25) is 0 Å². The van der Waals surface area contributed by atoms with Crippen LogP contribution < -0.4 is 0 Å². The number of aryl methyl sites for hydroxylation is 1. The Hall–Kier alpha value is -2.62. The maximum atomic E-state index is 12.4. The Labute approximate surface area is 174 Å². The molecule has 0 fully saturated rings. The molecule has 1 aromatic heterocycles. The van der Waals surface area contributed by atoms with Crippen molar-refractivity contribution in [3.8, 4) is 0 Å². The number of ether oxygens (including phenoxy) is 1. The number of ketones is 1. The third-order valence-electron chi connectivity index (χ3n) is 5.10. The van der Waals surface area contributed by atoms with Crippen LogP contribution in [0.25, 0.3) is 0 Å². The van der Waals surface area contributed by atoms with E-state index in [9.17, 15) is 9.59 Å². The van der Waals surface area contributed by atoms with Crippen LogP contribution in [0.1, 0.15) is 65.4 Å². The number of esters is 1. The summed E-state index contributed by atoms with van der Waals surface area (Å²) in [5.74, 6) is 0.669. The van der Waals surface area contributed by atoms with Crippen LogP contribution in [0.3, 0.4) is 0 Å². The van der Waals surface area contributed by atoms with Crippen LogP contribution in [-0.4, -0.2) is 11.8 Å². The third-order valence-corrected chi connectivity index (χ3v) is 5.10. The average Bonchev–Trinajstić information content (AvgIpc) is 3.29. The number of carbonyl (C=O) groups excluding carboxylic acids is 2. The molecule has 1 aliphatic heterocycles. The molecule has 1 aromatic rings. The Bertz CT molecular complexity index is 819. The van der Waals surface area contributed by atoms with Gasteiger partial charge in [-0.05, 0) is 88.1 Å². The zero-order valence-corrected chi connectivity index (χ0v) is 18.0. The Morgan fingerprint density at radius 3 is 2.62 bits per heavy atom. The van der Waals surface area contributed by atoms with Crippen LogP contribution in [0.4, 0.5) is 0 Å². The molecule has 4 nitrogen and oxygen atoms in total. The van der Waals surface area contributed by atoms with E-state index in [1.54, 1.807) is 25.5 Å². The smallest absolute Gasteiger partial charge is 0.339 e. The van der Waals surface area contributed by atoms with E-state index < -0.39 is 0 Å². The topological polar surface area (TPSA) is 56.5 Å². The van der Waals surface area contributed by atoms with E-state index in [2.05, 4.69) is 13.0 Å². The Kier molecular flexibility index (Phi) is 8.91. The molecule has 0 saturated carbocycles. The molecule has 4 heteroatoms. The van der Waals surface area contributed by atoms with Gasteiger partial charge in [0, 0.05) is 12.0 Å². The van der Waals surface area contributed by atoms with Gasteiger partial charge in [0.15, 0.2) is 5.78 Å². The Balaban J connectivity index is 1.68. The van der Waals surface area contributed by atoms with Gasteiger partial charge in [-0.3, -0.25) is 4.79 Å². The molecule has 0 N–H and O–H groups in total. The van der Waals surface area contributed by atoms with Crippen molar-refractivity contribution in [2.24, 2.45) is 5.92 Å². The number of carbonyl (C=O) groups is 2. The fourth-order valence-electron chi connectivity index (χ4n) is 3.14. The number of Topliss-reactive ketones (excluding diaryl/α,β-unsaturated/α-hetero) is 1. The van der Waals surface area contributed by atoms with E-state index in [1.165, 1.54) is 11.1 Å². The van der Waals surface area contributed by atoms with E-state index in [1.807, 2.05) is 32.1 Å². The quantitative estimate of drug-likeness (QED) is 0.252. The number of hydrogen-bond acceptors (Lipinski definition) is 4. The monoisotopic (exact) mass is 396 g/mol. The summed E-state index contributed by atoms with van der Waals surface area (Å²) in [7, 11) is 0. The maximum Gasteiger partial charge on any atom is 0.339 e. The van der Waals surface area contributed by atoms with Gasteiger partial charge in [0.05, 0.1) is 12.5 Å². The van der Waals surface area contributed by atoms with Crippen molar-refractivity contribution in [1.82, 2.24) is 0 Å². The summed E-state index contributed by atoms with van der Waals surface area (Å²) in [5, 5.41) is 0. The molecule has 0 bridgehead atoms. The summed E-state index contributed by atoms with van der Waals surface area (Å²) in [5.41, 5.74) is 4.01. The van der Waals surface area contributed by atoms with Crippen molar-refractivity contribution in [1.29, 1.82) is 0 Å². The highest BCUT2D eigenvalue weighted by atomic mass is 16.5. The summed E-state index contributed by atoms with van der Waals surface area (Å²) in [6, 6.07) is 2.00. The van der Waals surface area contributed by atoms with Gasteiger partial charge < -0.3 is 9.15 Å². The molecular formula is C25H32O4. The van der Waals surface area contributed by atoms with E-state index in [-0.39, 0.29) is 17.7 Å². The molecular weight excluding hydrogens is 364 g/mol. The second-order valence-electron chi connectivity index (χ2n) is 7.87. The first-order valence-corrected chi connectivity index (χ1v) is 10.3. The van der Waals surface area contributed by atoms with Crippen LogP contribution in [0.5, 0.6) is 0 Å². The maximum absolute atomic E-state index is 12.4. The number of allylic oxidation sites excluding steroid dienone is 6. The molecule has 0 amide bonds. The van der Waals surface area contributed by atoms with Crippen LogP contribution in [0, 0.1) is 5.92 Å². The van der Waals surface area contributed by atoms with Crippen molar-refractivity contribution >= 4 is 11.8 Å². The molecule has 156 valence electrons. The van der Waals surface area contributed by atoms with Gasteiger partial charge in [-0.15, -0.1) is 0 Å². The van der Waals surface area contributed by atoms with Crippen molar-refractivity contribution in [2.45, 2.75) is 66.2 Å². The number of furan rings is 1. The highest BCUT2D eigenvalue weighted by molar-refractivity contribution is 5.94. The zero-order valence-electron chi connectivity index (χ0n) is 18.0. The molecule has 0 unspecified atom stereocenters. The standard InChI is InChI=1S/C25H32O4/c1-18(8-6-10-22-13-14-28-17-22)7-5-9-20(3)24(26)12-11-19(2)15-23-16-21(4)25(27)29-23/h8-9,13-17,19H,5-7,10-12H2,1-4H3/t19-/m1/s1. The zero-order chi connectivity index (χ0) is 21.2. The summed E-state index contributed by atoms with van der Waals surface area (Å²) in [6.07, 6.45) is 16.5. The number of cyclic esters (lactones) is 1. The van der Waals surface area contributed by atoms with Gasteiger partial charge in [-0.25, -0.2) is 4.79 Å². The second-order valence-corrected chi connectivity index (χ2v) is 7.87. The van der Waals surface area contributed by atoms with Crippen LogP contribution >= 0.6 is 0 Å². The largest absolute Gasteiger partial charge is 0.472 e. The van der Waals surface area contributed by atoms with Gasteiger partial charge >= 0.3 is 5.97 Å². The minimum Gasteiger partial charge on any atom is -0.472 e. The van der Waals surface area contributed by atoms with Crippen molar-refractivity contribution in [2.75, 3.05) is 0 Å². The van der Waals surface area contributed by atoms with Crippen molar-refractivity contribution in [3.05, 3.63) is 70.9 Å². The lowest BCUT2D eigenvalue weighted by atomic mass is 9.98. The van der Waals surface area contributed by atoms with Crippen LogP contribution in [-0.2, 0) is 20.7 Å². The molecule has 2 heterocycles. The highest BCUT2D eigenvalue weighted by Crippen LogP contribution is 2.20. The molecule has 0 saturated heterocycles. The van der Waals surface area contributed by atoms with Crippen molar-refractivity contribution < 1.29 is 18.7 Å². The fraction of sp³-hybridized carbons (Fsp3) is 0.440. The molecule has 0 aromatic carbocycles. The van der Waals surface area contributed by atoms with Gasteiger partial charge in [0.1, 0.15) is 5.76 Å². The summed E-state index contributed by atoms with van der Waals surface area (Å²) in [6.45, 7) is 7.81. The van der Waals surface area contributed by atoms with Crippen molar-refractivity contribution in [3.63, 3.8) is 0 Å². The van der Waals surface area contributed by atoms with Gasteiger partial charge in [-0.1, -0.05) is 24.6 Å². The lowest BCUT2D eigenvalue weighted by Gasteiger charge is -2.07. The van der Waals surface area contributed by atoms with E-state index >= 15 is 0 Å². The van der Waals surface area contributed by atoms with E-state index in [4.69, 9.17) is 9.15 Å². The number of rotatable bonds is 11. The van der Waals surface area contributed by atoms with E-state index in [0.717, 1.165) is 37.7 Å². The average molecular weight is 397 g/mol. The highest BCUT2D eigenvalue weighted by Gasteiger charge is 2.17. The lowest BCUT2D eigenvalue weighted by Crippen LogP contribution is -2.03. The Morgan fingerprint density at radius 2 is 1.97 bits per heavy atom. The molecule has 2 rings (SSSR count). The molecule has 0 radical (unpaired) electrons. The first-order chi connectivity index (χ1) is 13.8. The summed E-state index contributed by atoms with van der Waals surface area (Å²) < 4.78 is 10.2. The minimum atomic E-state index is -0.288. The predicted molar refractivity (Wildman–Crippen MR) is 115 cm³/mol. The SMILES string of the molecule is CC(=CCCc1ccoc1)CCC=C(C)C(=O)CC[C@@H](C)C=C1C=C(C)C(=O)O1. The van der Waals surface area contributed by atoms with Crippen LogP contribution in [0.2, 0.25) is 0 Å². The fourth-order valence-corrected chi connectivity index (χ4v) is 3.14. The first kappa shape index (κ1) is 22.7. The molecule has 0 aliphatic carbocycles. The normalized spacial score (nSPS) is 17.4. The molecule has 29 heavy (non-hydrogen) atoms. The van der Waals surface area contributed by atoms with Gasteiger partial charge in [0.25, 0.3) is 0 Å². The minimum absolute atomic E-state index is 0.178. The number of hydrogen-bond donors (Lipinski definition) is 0. The van der Waals surface area contributed by atoms with Crippen LogP contribution in [0.15, 0.2) is 69.8 Å².